The summed E-state index contributed by atoms with van der Waals surface area (Å²) < 4.78 is 85.7. The third-order valence-electron chi connectivity index (χ3n) is 4.59. The molecule has 0 bridgehead atoms. The molecule has 0 aliphatic heterocycles. The number of carbonyl (C=O) groups excluding carboxylic acids is 1. The number of pyridine rings is 1. The van der Waals surface area contributed by atoms with Gasteiger partial charge in [0.05, 0.1) is 5.52 Å². The van der Waals surface area contributed by atoms with Crippen LogP contribution in [0.1, 0.15) is 34.7 Å². The van der Waals surface area contributed by atoms with E-state index in [1.807, 2.05) is 0 Å². The van der Waals surface area contributed by atoms with Crippen LogP contribution in [0.3, 0.4) is 0 Å². The van der Waals surface area contributed by atoms with Gasteiger partial charge in [-0.25, -0.2) is 22.4 Å². The van der Waals surface area contributed by atoms with Crippen LogP contribution in [0.15, 0.2) is 23.0 Å². The average molecular weight is 413 g/mol. The molecular weight excluding hydrogens is 404 g/mol. The Labute approximate surface area is 157 Å². The normalized spacial score (nSPS) is 13.7. The van der Waals surface area contributed by atoms with Gasteiger partial charge in [-0.1, -0.05) is 12.1 Å². The van der Waals surface area contributed by atoms with E-state index in [1.54, 1.807) is 0 Å². The second-order valence-electron chi connectivity index (χ2n) is 6.51. The predicted molar refractivity (Wildman–Crippen MR) is 87.7 cm³/mol. The summed E-state index contributed by atoms with van der Waals surface area (Å²) in [4.78, 5) is 26.5. The van der Waals surface area contributed by atoms with E-state index in [0.29, 0.717) is 5.56 Å². The Morgan fingerprint density at radius 2 is 1.48 bits per heavy atom. The van der Waals surface area contributed by atoms with E-state index < -0.39 is 57.7 Å². The van der Waals surface area contributed by atoms with Crippen molar-refractivity contribution in [3.8, 4) is 5.75 Å². The zero-order valence-electron chi connectivity index (χ0n) is 14.2. The Hall–Kier alpha value is -3.30. The van der Waals surface area contributed by atoms with Gasteiger partial charge in [-0.05, 0) is 30.4 Å². The summed E-state index contributed by atoms with van der Waals surface area (Å²) in [5, 5.41) is 0.0795. The molecule has 1 fully saturated rings. The Morgan fingerprint density at radius 3 is 2.07 bits per heavy atom. The summed E-state index contributed by atoms with van der Waals surface area (Å²) in [5.74, 6) is -15.9. The molecule has 4 nitrogen and oxygen atoms in total. The molecule has 0 spiro atoms. The minimum Gasteiger partial charge on any atom is -0.416 e. The van der Waals surface area contributed by atoms with Crippen LogP contribution < -0.4 is 10.3 Å². The van der Waals surface area contributed by atoms with Crippen LogP contribution in [0.25, 0.3) is 10.9 Å². The van der Waals surface area contributed by atoms with Crippen molar-refractivity contribution < 1.29 is 35.9 Å². The zero-order chi connectivity index (χ0) is 21.0. The molecule has 0 unspecified atom stereocenters. The number of aromatic nitrogens is 1. The fourth-order valence-electron chi connectivity index (χ4n) is 2.94. The lowest BCUT2D eigenvalue weighted by Crippen LogP contribution is -2.23. The molecule has 3 aromatic rings. The number of hydrogen-bond acceptors (Lipinski definition) is 3. The SMILES string of the molecule is O=C(Oc1c(F)c(F)c(F)c(F)c1F)c1cc2ccc(C3CC3)c(F)c2[nH]c1=O. The van der Waals surface area contributed by atoms with Crippen molar-refractivity contribution >= 4 is 16.9 Å². The average Bonchev–Trinajstić information content (AvgIpc) is 3.53. The van der Waals surface area contributed by atoms with Gasteiger partial charge < -0.3 is 9.72 Å². The Bertz CT molecular complexity index is 1220. The highest BCUT2D eigenvalue weighted by atomic mass is 19.2. The fourth-order valence-corrected chi connectivity index (χ4v) is 2.94. The standard InChI is InChI=1S/C19H9F6NO3/c20-10-8(6-1-2-6)4-3-7-5-9(18(27)26-16(7)10)19(28)29-17-14(24)12(22)11(21)13(23)15(17)25/h3-6H,1-2H2,(H,26,27). The van der Waals surface area contributed by atoms with E-state index in [4.69, 9.17) is 0 Å². The van der Waals surface area contributed by atoms with Crippen molar-refractivity contribution in [2.75, 3.05) is 0 Å². The highest BCUT2D eigenvalue weighted by Gasteiger charge is 2.30. The first-order valence-corrected chi connectivity index (χ1v) is 8.29. The molecule has 29 heavy (non-hydrogen) atoms. The Morgan fingerprint density at radius 1 is 0.897 bits per heavy atom. The maximum absolute atomic E-state index is 14.5. The minimum atomic E-state index is -2.43. The molecule has 0 radical (unpaired) electrons. The van der Waals surface area contributed by atoms with Gasteiger partial charge in [0.2, 0.25) is 34.8 Å². The first-order chi connectivity index (χ1) is 13.7. The highest BCUT2D eigenvalue weighted by molar-refractivity contribution is 5.95. The molecule has 0 saturated heterocycles. The summed E-state index contributed by atoms with van der Waals surface area (Å²) in [6.07, 6.45) is 1.61. The number of ether oxygens (including phenoxy) is 1. The fraction of sp³-hybridized carbons (Fsp3) is 0.158. The van der Waals surface area contributed by atoms with Crippen LogP contribution in [0.4, 0.5) is 26.3 Å². The van der Waals surface area contributed by atoms with Gasteiger partial charge >= 0.3 is 5.97 Å². The van der Waals surface area contributed by atoms with Gasteiger partial charge in [0.15, 0.2) is 5.82 Å². The molecule has 0 atom stereocenters. The first kappa shape index (κ1) is 19.0. The van der Waals surface area contributed by atoms with Crippen LogP contribution in [-0.2, 0) is 0 Å². The Kier molecular flexibility index (Phi) is 4.36. The quantitative estimate of drug-likeness (QED) is 0.227. The summed E-state index contributed by atoms with van der Waals surface area (Å²) >= 11 is 0. The van der Waals surface area contributed by atoms with Crippen LogP contribution in [0.5, 0.6) is 5.75 Å². The predicted octanol–water partition coefficient (Wildman–Crippen LogP) is 4.46. The topological polar surface area (TPSA) is 59.2 Å². The van der Waals surface area contributed by atoms with Gasteiger partial charge in [-0.3, -0.25) is 4.79 Å². The van der Waals surface area contributed by atoms with Crippen molar-refractivity contribution in [1.82, 2.24) is 4.98 Å². The number of halogens is 6. The molecule has 0 amide bonds. The summed E-state index contributed by atoms with van der Waals surface area (Å²) in [7, 11) is 0. The summed E-state index contributed by atoms with van der Waals surface area (Å²) in [5.41, 5.74) is -1.73. The molecule has 1 heterocycles. The van der Waals surface area contributed by atoms with Gasteiger partial charge in [0, 0.05) is 5.39 Å². The number of aromatic amines is 1. The van der Waals surface area contributed by atoms with Crippen molar-refractivity contribution in [2.45, 2.75) is 18.8 Å². The van der Waals surface area contributed by atoms with Crippen LogP contribution in [0.2, 0.25) is 0 Å². The van der Waals surface area contributed by atoms with Gasteiger partial charge in [-0.15, -0.1) is 0 Å². The number of hydrogen-bond donors (Lipinski definition) is 1. The Balaban J connectivity index is 1.76. The number of rotatable bonds is 3. The molecule has 1 N–H and O–H groups in total. The van der Waals surface area contributed by atoms with Gasteiger partial charge in [0.25, 0.3) is 5.56 Å². The van der Waals surface area contributed by atoms with Crippen molar-refractivity contribution in [2.24, 2.45) is 0 Å². The maximum Gasteiger partial charge on any atom is 0.349 e. The van der Waals surface area contributed by atoms with Crippen molar-refractivity contribution in [3.63, 3.8) is 0 Å². The third kappa shape index (κ3) is 3.04. The monoisotopic (exact) mass is 413 g/mol. The van der Waals surface area contributed by atoms with Crippen LogP contribution in [0, 0.1) is 34.9 Å². The number of H-pyrrole nitrogens is 1. The van der Waals surface area contributed by atoms with E-state index in [1.165, 1.54) is 12.1 Å². The molecule has 2 aromatic carbocycles. The number of benzene rings is 2. The second kappa shape index (κ2) is 6.64. The number of esters is 1. The zero-order valence-corrected chi connectivity index (χ0v) is 14.2. The molecule has 4 rings (SSSR count). The maximum atomic E-state index is 14.5. The molecular formula is C19H9F6NO3. The lowest BCUT2D eigenvalue weighted by molar-refractivity contribution is 0.0714. The lowest BCUT2D eigenvalue weighted by atomic mass is 10.1. The number of nitrogens with one attached hydrogen (secondary N) is 1. The van der Waals surface area contributed by atoms with E-state index in [2.05, 4.69) is 9.72 Å². The second-order valence-corrected chi connectivity index (χ2v) is 6.51. The molecule has 150 valence electrons. The van der Waals surface area contributed by atoms with E-state index in [9.17, 15) is 35.9 Å². The van der Waals surface area contributed by atoms with E-state index in [-0.39, 0.29) is 16.8 Å². The molecule has 1 aromatic heterocycles. The van der Waals surface area contributed by atoms with E-state index >= 15 is 0 Å². The van der Waals surface area contributed by atoms with Gasteiger partial charge in [0.1, 0.15) is 5.56 Å². The first-order valence-electron chi connectivity index (χ1n) is 8.29. The van der Waals surface area contributed by atoms with Gasteiger partial charge in [-0.2, -0.15) is 8.78 Å². The largest absolute Gasteiger partial charge is 0.416 e. The molecule has 1 saturated carbocycles. The lowest BCUT2D eigenvalue weighted by Gasteiger charge is -2.10. The smallest absolute Gasteiger partial charge is 0.349 e. The highest BCUT2D eigenvalue weighted by Crippen LogP contribution is 2.42. The number of fused-ring (bicyclic) bond motifs is 1. The third-order valence-corrected chi connectivity index (χ3v) is 4.59. The van der Waals surface area contributed by atoms with Crippen LogP contribution >= 0.6 is 0 Å². The molecule has 1 aliphatic carbocycles. The van der Waals surface area contributed by atoms with E-state index in [0.717, 1.165) is 18.9 Å². The number of carbonyl (C=O) groups is 1. The summed E-state index contributed by atoms with van der Waals surface area (Å²) in [6, 6.07) is 3.81. The van der Waals surface area contributed by atoms with Crippen molar-refractivity contribution in [1.29, 1.82) is 0 Å². The minimum absolute atomic E-state index is 0.0433. The summed E-state index contributed by atoms with van der Waals surface area (Å²) in [6.45, 7) is 0. The molecule has 1 aliphatic rings. The van der Waals surface area contributed by atoms with Crippen LogP contribution in [-0.4, -0.2) is 11.0 Å². The molecule has 10 heteroatoms. The van der Waals surface area contributed by atoms with Crippen molar-refractivity contribution in [3.05, 3.63) is 74.6 Å².